The van der Waals surface area contributed by atoms with Crippen LogP contribution in [0, 0.1) is 6.92 Å². The van der Waals surface area contributed by atoms with Crippen molar-refractivity contribution < 1.29 is 9.53 Å². The summed E-state index contributed by atoms with van der Waals surface area (Å²) in [6.45, 7) is 2.39. The molecule has 2 heterocycles. The molecule has 0 aliphatic carbocycles. The minimum absolute atomic E-state index is 0.000741. The van der Waals surface area contributed by atoms with E-state index in [0.717, 1.165) is 12.0 Å². The Bertz CT molecular complexity index is 613. The average Bonchev–Trinajstić information content (AvgIpc) is 2.81. The molecule has 4 nitrogen and oxygen atoms in total. The van der Waals surface area contributed by atoms with E-state index in [1.54, 1.807) is 11.1 Å². The van der Waals surface area contributed by atoms with Crippen LogP contribution in [0.3, 0.4) is 0 Å². The van der Waals surface area contributed by atoms with Crippen LogP contribution in [0.2, 0.25) is 0 Å². The van der Waals surface area contributed by atoms with E-state index in [0.29, 0.717) is 12.4 Å². The first kappa shape index (κ1) is 12.7. The van der Waals surface area contributed by atoms with Crippen LogP contribution in [0.25, 0.3) is 0 Å². The van der Waals surface area contributed by atoms with Crippen LogP contribution in [-0.2, 0) is 11.2 Å². The number of anilines is 1. The monoisotopic (exact) mass is 268 g/mol. The fraction of sp³-hybridized carbons (Fsp3) is 0.250. The lowest BCUT2D eigenvalue weighted by Gasteiger charge is -2.20. The summed E-state index contributed by atoms with van der Waals surface area (Å²) in [6.07, 6.45) is 2.17. The molecule has 4 heteroatoms. The lowest BCUT2D eigenvalue weighted by Crippen LogP contribution is -2.35. The van der Waals surface area contributed by atoms with Crippen LogP contribution < -0.4 is 4.90 Å². The Kier molecular flexibility index (Phi) is 3.37. The van der Waals surface area contributed by atoms with Crippen molar-refractivity contribution in [2.24, 2.45) is 0 Å². The van der Waals surface area contributed by atoms with Crippen LogP contribution in [0.15, 0.2) is 48.7 Å². The van der Waals surface area contributed by atoms with Gasteiger partial charge < -0.3 is 4.74 Å². The second kappa shape index (κ2) is 5.33. The quantitative estimate of drug-likeness (QED) is 0.859. The number of hydrogen-bond acceptors (Lipinski definition) is 3. The molecule has 1 unspecified atom stereocenters. The average molecular weight is 268 g/mol. The summed E-state index contributed by atoms with van der Waals surface area (Å²) < 4.78 is 5.19. The Labute approximate surface area is 118 Å². The molecule has 3 rings (SSSR count). The molecular weight excluding hydrogens is 252 g/mol. The molecule has 20 heavy (non-hydrogen) atoms. The number of carbonyl (C=O) groups excluding carboxylic acids is 1. The minimum atomic E-state index is -0.316. The van der Waals surface area contributed by atoms with Gasteiger partial charge in [-0.1, -0.05) is 30.3 Å². The molecule has 1 fully saturated rings. The number of hydrogen-bond donors (Lipinski definition) is 0. The fourth-order valence-corrected chi connectivity index (χ4v) is 2.43. The number of ether oxygens (including phenoxy) is 1. The van der Waals surface area contributed by atoms with Crippen LogP contribution in [0.5, 0.6) is 0 Å². The second-order valence-electron chi connectivity index (χ2n) is 4.98. The number of aryl methyl sites for hydroxylation is 1. The Morgan fingerprint density at radius 3 is 2.85 bits per heavy atom. The molecule has 2 aromatic rings. The normalized spacial score (nSPS) is 18.1. The predicted octanol–water partition coefficient (Wildman–Crippen LogP) is 2.96. The first-order valence-electron chi connectivity index (χ1n) is 6.66. The summed E-state index contributed by atoms with van der Waals surface area (Å²) in [5, 5.41) is 0. The van der Waals surface area contributed by atoms with Crippen molar-refractivity contribution in [1.82, 2.24) is 4.98 Å². The van der Waals surface area contributed by atoms with Crippen molar-refractivity contribution >= 4 is 11.9 Å². The number of nitrogens with zero attached hydrogens (tertiary/aromatic N) is 2. The number of amides is 1. The van der Waals surface area contributed by atoms with Gasteiger partial charge in [-0.25, -0.2) is 9.78 Å². The summed E-state index contributed by atoms with van der Waals surface area (Å²) in [7, 11) is 0. The zero-order valence-corrected chi connectivity index (χ0v) is 11.3. The maximum atomic E-state index is 12.0. The minimum Gasteiger partial charge on any atom is -0.447 e. The van der Waals surface area contributed by atoms with E-state index in [4.69, 9.17) is 4.74 Å². The van der Waals surface area contributed by atoms with Gasteiger partial charge in [0, 0.05) is 6.20 Å². The molecule has 1 aliphatic rings. The number of cyclic esters (lactones) is 1. The van der Waals surface area contributed by atoms with Gasteiger partial charge in [0.1, 0.15) is 12.4 Å². The molecule has 102 valence electrons. The van der Waals surface area contributed by atoms with Crippen molar-refractivity contribution in [3.05, 3.63) is 59.8 Å². The summed E-state index contributed by atoms with van der Waals surface area (Å²) in [4.78, 5) is 17.9. The maximum Gasteiger partial charge on any atom is 0.415 e. The van der Waals surface area contributed by atoms with Crippen LogP contribution in [0.4, 0.5) is 10.6 Å². The maximum absolute atomic E-state index is 12.0. The summed E-state index contributed by atoms with van der Waals surface area (Å²) in [5.74, 6) is 0.661. The number of aromatic nitrogens is 1. The lowest BCUT2D eigenvalue weighted by molar-refractivity contribution is 0.178. The molecule has 0 saturated carbocycles. The predicted molar refractivity (Wildman–Crippen MR) is 76.7 cm³/mol. The highest BCUT2D eigenvalue weighted by Crippen LogP contribution is 2.24. The van der Waals surface area contributed by atoms with Gasteiger partial charge in [-0.3, -0.25) is 4.90 Å². The van der Waals surface area contributed by atoms with Crippen molar-refractivity contribution in [1.29, 1.82) is 0 Å². The molecule has 0 bridgehead atoms. The third kappa shape index (κ3) is 2.50. The van der Waals surface area contributed by atoms with Gasteiger partial charge in [0.15, 0.2) is 0 Å². The Morgan fingerprint density at radius 2 is 2.10 bits per heavy atom. The van der Waals surface area contributed by atoms with Crippen LogP contribution >= 0.6 is 0 Å². The molecule has 0 spiro atoms. The van der Waals surface area contributed by atoms with Gasteiger partial charge >= 0.3 is 6.09 Å². The molecule has 0 N–H and O–H groups in total. The summed E-state index contributed by atoms with van der Waals surface area (Å²) >= 11 is 0. The molecule has 1 saturated heterocycles. The Balaban J connectivity index is 1.85. The molecular formula is C16H16N2O2. The molecule has 1 aromatic heterocycles. The smallest absolute Gasteiger partial charge is 0.415 e. The third-order valence-electron chi connectivity index (χ3n) is 3.42. The molecule has 1 aliphatic heterocycles. The van der Waals surface area contributed by atoms with Gasteiger partial charge in [0.05, 0.1) is 6.04 Å². The number of pyridine rings is 1. The number of benzene rings is 1. The molecule has 1 amide bonds. The zero-order valence-electron chi connectivity index (χ0n) is 11.3. The Hall–Kier alpha value is -2.36. The number of carbonyl (C=O) groups is 1. The lowest BCUT2D eigenvalue weighted by atomic mass is 10.1. The van der Waals surface area contributed by atoms with Gasteiger partial charge in [-0.05, 0) is 36.6 Å². The first-order valence-corrected chi connectivity index (χ1v) is 6.66. The summed E-state index contributed by atoms with van der Waals surface area (Å²) in [5.41, 5.74) is 2.27. The molecule has 1 atom stereocenters. The number of rotatable bonds is 3. The fourth-order valence-electron chi connectivity index (χ4n) is 2.43. The van der Waals surface area contributed by atoms with Crippen molar-refractivity contribution in [2.45, 2.75) is 19.4 Å². The van der Waals surface area contributed by atoms with Gasteiger partial charge in [-0.15, -0.1) is 0 Å². The van der Waals surface area contributed by atoms with Gasteiger partial charge in [-0.2, -0.15) is 0 Å². The van der Waals surface area contributed by atoms with E-state index in [1.165, 1.54) is 5.56 Å². The first-order chi connectivity index (χ1) is 9.74. The van der Waals surface area contributed by atoms with E-state index in [9.17, 15) is 4.79 Å². The molecule has 1 aromatic carbocycles. The van der Waals surface area contributed by atoms with E-state index >= 15 is 0 Å². The standard InChI is InChI=1S/C16H16N2O2/c1-12-7-8-17-15(9-12)18-14(11-20-16(18)19)10-13-5-3-2-4-6-13/h2-9,14H,10-11H2,1H3. The highest BCUT2D eigenvalue weighted by molar-refractivity contribution is 5.89. The van der Waals surface area contributed by atoms with Crippen molar-refractivity contribution in [3.8, 4) is 0 Å². The van der Waals surface area contributed by atoms with E-state index < -0.39 is 0 Å². The molecule has 0 radical (unpaired) electrons. The van der Waals surface area contributed by atoms with Gasteiger partial charge in [0.25, 0.3) is 0 Å². The highest BCUT2D eigenvalue weighted by Gasteiger charge is 2.35. The van der Waals surface area contributed by atoms with Crippen LogP contribution in [-0.4, -0.2) is 23.7 Å². The third-order valence-corrected chi connectivity index (χ3v) is 3.42. The van der Waals surface area contributed by atoms with E-state index in [-0.39, 0.29) is 12.1 Å². The Morgan fingerprint density at radius 1 is 1.30 bits per heavy atom. The van der Waals surface area contributed by atoms with Gasteiger partial charge in [0.2, 0.25) is 0 Å². The van der Waals surface area contributed by atoms with E-state index in [2.05, 4.69) is 17.1 Å². The highest BCUT2D eigenvalue weighted by atomic mass is 16.6. The van der Waals surface area contributed by atoms with E-state index in [1.807, 2.05) is 37.3 Å². The van der Waals surface area contributed by atoms with Crippen molar-refractivity contribution in [2.75, 3.05) is 11.5 Å². The topological polar surface area (TPSA) is 42.4 Å². The SMILES string of the molecule is Cc1ccnc(N2C(=O)OCC2Cc2ccccc2)c1. The largest absolute Gasteiger partial charge is 0.447 e. The zero-order chi connectivity index (χ0) is 13.9. The van der Waals surface area contributed by atoms with Crippen molar-refractivity contribution in [3.63, 3.8) is 0 Å². The van der Waals surface area contributed by atoms with Crippen LogP contribution in [0.1, 0.15) is 11.1 Å². The second-order valence-corrected chi connectivity index (χ2v) is 4.98. The summed E-state index contributed by atoms with van der Waals surface area (Å²) in [6, 6.07) is 13.9.